The van der Waals surface area contributed by atoms with Crippen LogP contribution in [0.5, 0.6) is 0 Å². The second-order valence-electron chi connectivity index (χ2n) is 5.89. The summed E-state index contributed by atoms with van der Waals surface area (Å²) in [5.74, 6) is -2.05. The van der Waals surface area contributed by atoms with Crippen molar-refractivity contribution in [2.45, 2.75) is 6.54 Å². The molecule has 1 aromatic heterocycles. The molecule has 1 heterocycles. The van der Waals surface area contributed by atoms with E-state index >= 15 is 0 Å². The lowest BCUT2D eigenvalue weighted by molar-refractivity contribution is -0.387. The molecule has 0 aliphatic heterocycles. The Morgan fingerprint density at radius 1 is 1.07 bits per heavy atom. The normalized spacial score (nSPS) is 10.5. The third-order valence-corrected chi connectivity index (χ3v) is 3.91. The largest absolute Gasteiger partial charge is 0.322 e. The van der Waals surface area contributed by atoms with Crippen LogP contribution in [0.25, 0.3) is 0 Å². The van der Waals surface area contributed by atoms with Crippen molar-refractivity contribution in [1.82, 2.24) is 4.57 Å². The molecule has 0 atom stereocenters. The zero-order valence-electron chi connectivity index (χ0n) is 14.3. The molecule has 0 saturated carbocycles. The minimum atomic E-state index is -1.02. The summed E-state index contributed by atoms with van der Waals surface area (Å²) < 4.78 is 27.7. The van der Waals surface area contributed by atoms with Gasteiger partial charge in [0.15, 0.2) is 0 Å². The first-order valence-electron chi connectivity index (χ1n) is 8.04. The summed E-state index contributed by atoms with van der Waals surface area (Å²) in [4.78, 5) is 34.3. The molecule has 1 N–H and O–H groups in total. The van der Waals surface area contributed by atoms with Gasteiger partial charge in [0.25, 0.3) is 11.5 Å². The van der Waals surface area contributed by atoms with Crippen molar-refractivity contribution in [2.75, 3.05) is 5.32 Å². The number of carbonyl (C=O) groups excluding carboxylic acids is 1. The van der Waals surface area contributed by atoms with E-state index < -0.39 is 28.2 Å². The Hall–Kier alpha value is -3.88. The SMILES string of the molecule is O=C(Nc1ccc(F)c([N+](=O)[O-])c1)c1ccc(=O)n(Cc2ccc(F)cc2)c1. The number of aromatic nitrogens is 1. The topological polar surface area (TPSA) is 94.2 Å². The number of anilines is 1. The highest BCUT2D eigenvalue weighted by atomic mass is 19.1. The van der Waals surface area contributed by atoms with E-state index in [0.29, 0.717) is 5.56 Å². The number of nitro benzene ring substituents is 1. The molecular formula is C19H13F2N3O4. The molecule has 7 nitrogen and oxygen atoms in total. The van der Waals surface area contributed by atoms with E-state index in [1.54, 1.807) is 0 Å². The summed E-state index contributed by atoms with van der Waals surface area (Å²) in [5, 5.41) is 13.2. The fraction of sp³-hybridized carbons (Fsp3) is 0.0526. The van der Waals surface area contributed by atoms with E-state index in [9.17, 15) is 28.5 Å². The third-order valence-electron chi connectivity index (χ3n) is 3.91. The molecule has 2 aromatic carbocycles. The lowest BCUT2D eigenvalue weighted by atomic mass is 10.2. The highest BCUT2D eigenvalue weighted by Crippen LogP contribution is 2.22. The summed E-state index contributed by atoms with van der Waals surface area (Å²) in [6.45, 7) is 0.127. The van der Waals surface area contributed by atoms with E-state index in [0.717, 1.165) is 12.1 Å². The van der Waals surface area contributed by atoms with Gasteiger partial charge in [-0.3, -0.25) is 19.7 Å². The second-order valence-corrected chi connectivity index (χ2v) is 5.89. The summed E-state index contributed by atoms with van der Waals surface area (Å²) >= 11 is 0. The Morgan fingerprint density at radius 3 is 2.46 bits per heavy atom. The van der Waals surface area contributed by atoms with Gasteiger partial charge >= 0.3 is 5.69 Å². The number of hydrogen-bond donors (Lipinski definition) is 1. The van der Waals surface area contributed by atoms with Crippen LogP contribution in [0.2, 0.25) is 0 Å². The van der Waals surface area contributed by atoms with Crippen molar-refractivity contribution in [1.29, 1.82) is 0 Å². The van der Waals surface area contributed by atoms with E-state index in [1.165, 1.54) is 53.2 Å². The number of nitrogens with one attached hydrogen (secondary N) is 1. The van der Waals surface area contributed by atoms with Gasteiger partial charge in [-0.1, -0.05) is 12.1 Å². The van der Waals surface area contributed by atoms with Crippen LogP contribution >= 0.6 is 0 Å². The number of hydrogen-bond acceptors (Lipinski definition) is 4. The number of halogens is 2. The number of pyridine rings is 1. The minimum Gasteiger partial charge on any atom is -0.322 e. The van der Waals surface area contributed by atoms with Crippen molar-refractivity contribution in [3.63, 3.8) is 0 Å². The van der Waals surface area contributed by atoms with Gasteiger partial charge in [-0.15, -0.1) is 0 Å². The maximum atomic E-state index is 13.4. The number of carbonyl (C=O) groups is 1. The monoisotopic (exact) mass is 385 g/mol. The molecule has 3 aromatic rings. The van der Waals surface area contributed by atoms with E-state index in [1.807, 2.05) is 0 Å². The highest BCUT2D eigenvalue weighted by molar-refractivity contribution is 6.04. The van der Waals surface area contributed by atoms with Crippen LogP contribution in [0.1, 0.15) is 15.9 Å². The second kappa shape index (κ2) is 7.78. The Kier molecular flexibility index (Phi) is 5.25. The highest BCUT2D eigenvalue weighted by Gasteiger charge is 2.16. The van der Waals surface area contributed by atoms with Gasteiger partial charge in [0.2, 0.25) is 5.82 Å². The molecular weight excluding hydrogens is 372 g/mol. The number of benzene rings is 2. The van der Waals surface area contributed by atoms with Crippen LogP contribution in [0, 0.1) is 21.7 Å². The lowest BCUT2D eigenvalue weighted by Crippen LogP contribution is -2.22. The van der Waals surface area contributed by atoms with Gasteiger partial charge < -0.3 is 9.88 Å². The van der Waals surface area contributed by atoms with Gasteiger partial charge in [0, 0.05) is 24.0 Å². The van der Waals surface area contributed by atoms with Crippen LogP contribution in [0.3, 0.4) is 0 Å². The Morgan fingerprint density at radius 2 is 1.79 bits per heavy atom. The molecule has 3 rings (SSSR count). The lowest BCUT2D eigenvalue weighted by Gasteiger charge is -2.09. The van der Waals surface area contributed by atoms with Gasteiger partial charge in [0.05, 0.1) is 17.0 Å². The fourth-order valence-electron chi connectivity index (χ4n) is 2.51. The molecule has 0 aliphatic carbocycles. The number of nitro groups is 1. The molecule has 0 radical (unpaired) electrons. The number of rotatable bonds is 5. The van der Waals surface area contributed by atoms with Gasteiger partial charge in [-0.05, 0) is 35.9 Å². The smallest absolute Gasteiger partial charge is 0.306 e. The maximum Gasteiger partial charge on any atom is 0.306 e. The van der Waals surface area contributed by atoms with Crippen molar-refractivity contribution in [2.24, 2.45) is 0 Å². The van der Waals surface area contributed by atoms with E-state index in [2.05, 4.69) is 5.32 Å². The quantitative estimate of drug-likeness (QED) is 0.538. The third kappa shape index (κ3) is 4.26. The standard InChI is InChI=1S/C19H13F2N3O4/c20-14-4-1-12(2-5-14)10-23-11-13(3-8-18(23)25)19(26)22-15-6-7-16(21)17(9-15)24(27)28/h1-9,11H,10H2,(H,22,26). The van der Waals surface area contributed by atoms with Crippen LogP contribution < -0.4 is 10.9 Å². The van der Waals surface area contributed by atoms with E-state index in [-0.39, 0.29) is 23.4 Å². The van der Waals surface area contributed by atoms with Gasteiger partial charge in [-0.25, -0.2) is 4.39 Å². The zero-order valence-corrected chi connectivity index (χ0v) is 14.3. The summed E-state index contributed by atoms with van der Waals surface area (Å²) in [6, 6.07) is 11.0. The molecule has 0 saturated heterocycles. The zero-order chi connectivity index (χ0) is 20.3. The predicted octanol–water partition coefficient (Wildman–Crippen LogP) is 3.34. The first-order chi connectivity index (χ1) is 13.3. The molecule has 0 bridgehead atoms. The first kappa shape index (κ1) is 18.9. The van der Waals surface area contributed by atoms with Gasteiger partial charge in [0.1, 0.15) is 5.82 Å². The summed E-state index contributed by atoms with van der Waals surface area (Å²) in [5.41, 5.74) is -0.310. The van der Waals surface area contributed by atoms with Gasteiger partial charge in [-0.2, -0.15) is 4.39 Å². The molecule has 1 amide bonds. The Bertz CT molecular complexity index is 1110. The van der Waals surface area contributed by atoms with E-state index in [4.69, 9.17) is 0 Å². The van der Waals surface area contributed by atoms with Crippen molar-refractivity contribution < 1.29 is 18.5 Å². The average molecular weight is 385 g/mol. The van der Waals surface area contributed by atoms with Crippen LogP contribution in [-0.2, 0) is 6.54 Å². The van der Waals surface area contributed by atoms with Crippen molar-refractivity contribution in [3.8, 4) is 0 Å². The molecule has 0 aliphatic rings. The molecule has 9 heteroatoms. The molecule has 0 unspecified atom stereocenters. The molecule has 28 heavy (non-hydrogen) atoms. The summed E-state index contributed by atoms with van der Waals surface area (Å²) in [7, 11) is 0. The first-order valence-corrected chi connectivity index (χ1v) is 8.04. The fourth-order valence-corrected chi connectivity index (χ4v) is 2.51. The Labute approximate surface area is 157 Å². The predicted molar refractivity (Wildman–Crippen MR) is 97.2 cm³/mol. The van der Waals surface area contributed by atoms with Crippen LogP contribution in [-0.4, -0.2) is 15.4 Å². The Balaban J connectivity index is 1.83. The van der Waals surface area contributed by atoms with Crippen molar-refractivity contribution >= 4 is 17.3 Å². The summed E-state index contributed by atoms with van der Waals surface area (Å²) in [6.07, 6.45) is 1.32. The number of amides is 1. The minimum absolute atomic E-state index is 0.0365. The molecule has 142 valence electrons. The molecule has 0 spiro atoms. The van der Waals surface area contributed by atoms with Crippen LogP contribution in [0.15, 0.2) is 65.6 Å². The number of nitrogens with zero attached hydrogens (tertiary/aromatic N) is 2. The average Bonchev–Trinajstić information content (AvgIpc) is 2.66. The molecule has 0 fully saturated rings. The van der Waals surface area contributed by atoms with Crippen LogP contribution in [0.4, 0.5) is 20.2 Å². The maximum absolute atomic E-state index is 13.4. The van der Waals surface area contributed by atoms with Crippen molar-refractivity contribution in [3.05, 3.63) is 104 Å².